The molecule has 2 saturated heterocycles. The van der Waals surface area contributed by atoms with Crippen LogP contribution in [0.15, 0.2) is 11.2 Å². The highest BCUT2D eigenvalue weighted by atomic mass is 19.4. The van der Waals surface area contributed by atoms with Crippen LogP contribution in [0.5, 0.6) is 0 Å². The first kappa shape index (κ1) is 33.7. The number of morpholine rings is 1. The minimum absolute atomic E-state index is 0.0207. The maximum absolute atomic E-state index is 14.1. The van der Waals surface area contributed by atoms with Gasteiger partial charge < -0.3 is 34.4 Å². The molecule has 47 heavy (non-hydrogen) atoms. The van der Waals surface area contributed by atoms with Crippen molar-refractivity contribution in [1.82, 2.24) is 40.0 Å². The minimum atomic E-state index is -4.61. The number of carbonyl (C=O) groups is 3. The van der Waals surface area contributed by atoms with Crippen molar-refractivity contribution in [3.05, 3.63) is 12.0 Å². The summed E-state index contributed by atoms with van der Waals surface area (Å²) in [4.78, 5) is 61.4. The van der Waals surface area contributed by atoms with Crippen LogP contribution in [-0.2, 0) is 25.6 Å². The Morgan fingerprint density at radius 2 is 1.68 bits per heavy atom. The summed E-state index contributed by atoms with van der Waals surface area (Å²) in [5.74, 6) is -0.703. The number of carbonyl (C=O) groups excluding carboxylic acids is 3. The number of nitrogens with one attached hydrogen (secondary N) is 2. The fourth-order valence-electron chi connectivity index (χ4n) is 5.14. The number of guanidine groups is 1. The number of anilines is 2. The Morgan fingerprint density at radius 1 is 1.00 bits per heavy atom. The van der Waals surface area contributed by atoms with Gasteiger partial charge in [0.05, 0.1) is 19.8 Å². The summed E-state index contributed by atoms with van der Waals surface area (Å²) in [6.45, 7) is 6.05. The van der Waals surface area contributed by atoms with Crippen LogP contribution in [0.3, 0.4) is 0 Å². The molecular formula is C28H38F3N11O5. The topological polar surface area (TPSA) is 163 Å². The predicted molar refractivity (Wildman–Crippen MR) is 165 cm³/mol. The monoisotopic (exact) mass is 665 g/mol. The molecule has 5 heterocycles. The van der Waals surface area contributed by atoms with E-state index in [0.29, 0.717) is 37.7 Å². The van der Waals surface area contributed by atoms with Crippen molar-refractivity contribution in [2.24, 2.45) is 4.99 Å². The van der Waals surface area contributed by atoms with Crippen molar-refractivity contribution in [3.63, 3.8) is 0 Å². The zero-order valence-electron chi connectivity index (χ0n) is 26.8. The third kappa shape index (κ3) is 8.01. The highest BCUT2D eigenvalue weighted by molar-refractivity contribution is 6.34. The van der Waals surface area contributed by atoms with Crippen LogP contribution >= 0.6 is 0 Å². The van der Waals surface area contributed by atoms with E-state index in [1.165, 1.54) is 30.1 Å². The molecule has 5 rings (SSSR count). The van der Waals surface area contributed by atoms with E-state index in [4.69, 9.17) is 14.5 Å². The van der Waals surface area contributed by atoms with Crippen molar-refractivity contribution < 1.29 is 37.0 Å². The van der Waals surface area contributed by atoms with Gasteiger partial charge in [-0.1, -0.05) is 0 Å². The first-order chi connectivity index (χ1) is 22.1. The second-order valence-corrected chi connectivity index (χ2v) is 12.3. The molecule has 0 aliphatic carbocycles. The molecule has 0 aromatic carbocycles. The van der Waals surface area contributed by atoms with Gasteiger partial charge in [-0.25, -0.2) is 24.7 Å². The third-order valence-corrected chi connectivity index (χ3v) is 7.34. The fraction of sp³-hybridized carbons (Fsp3) is 0.607. The van der Waals surface area contributed by atoms with E-state index in [9.17, 15) is 27.6 Å². The van der Waals surface area contributed by atoms with Crippen molar-refractivity contribution in [1.29, 1.82) is 0 Å². The predicted octanol–water partition coefficient (Wildman–Crippen LogP) is 0.787. The second-order valence-electron chi connectivity index (χ2n) is 12.3. The number of aromatic nitrogens is 4. The number of likely N-dealkylation sites (N-methyl/N-ethyl adjacent to an activating group) is 1. The van der Waals surface area contributed by atoms with Crippen molar-refractivity contribution in [2.45, 2.75) is 39.1 Å². The summed E-state index contributed by atoms with van der Waals surface area (Å²) >= 11 is 0. The van der Waals surface area contributed by atoms with Crippen LogP contribution in [0.25, 0.3) is 16.7 Å². The summed E-state index contributed by atoms with van der Waals surface area (Å²) in [7, 11) is 2.95. The highest BCUT2D eigenvalue weighted by Gasteiger charge is 2.36. The number of alkyl carbamates (subject to hydrolysis) is 1. The Kier molecular flexibility index (Phi) is 9.46. The largest absolute Gasteiger partial charge is 0.444 e. The van der Waals surface area contributed by atoms with E-state index < -0.39 is 36.2 Å². The van der Waals surface area contributed by atoms with Gasteiger partial charge in [0.25, 0.3) is 0 Å². The van der Waals surface area contributed by atoms with Gasteiger partial charge in [-0.05, 0) is 20.8 Å². The lowest BCUT2D eigenvalue weighted by Crippen LogP contribution is -2.53. The van der Waals surface area contributed by atoms with Gasteiger partial charge in [-0.3, -0.25) is 19.5 Å². The molecule has 16 nitrogen and oxygen atoms in total. The number of nitrogens with zero attached hydrogens (tertiary/aromatic N) is 9. The van der Waals surface area contributed by atoms with Crippen LogP contribution < -0.4 is 20.4 Å². The SMILES string of the molecule is CN(C)C(=O)C(=O)N1CCN(c2nc3c(N4CCOCC4)nc(C4=CNC(NC(=O)OC(C)(C)C)=NC4)nc3n2CC(F)(F)F)CC1. The molecule has 0 bridgehead atoms. The van der Waals surface area contributed by atoms with Gasteiger partial charge in [0, 0.05) is 65.1 Å². The molecule has 0 radical (unpaired) electrons. The zero-order valence-corrected chi connectivity index (χ0v) is 26.8. The number of aliphatic imine (C=N–C) groups is 1. The Bertz CT molecular complexity index is 1580. The average Bonchev–Trinajstić information content (AvgIpc) is 3.36. The summed E-state index contributed by atoms with van der Waals surface area (Å²) in [6, 6.07) is 0. The van der Waals surface area contributed by atoms with Gasteiger partial charge in [0.2, 0.25) is 11.9 Å². The minimum Gasteiger partial charge on any atom is -0.444 e. The molecular weight excluding hydrogens is 627 g/mol. The van der Waals surface area contributed by atoms with E-state index in [-0.39, 0.29) is 61.6 Å². The first-order valence-electron chi connectivity index (χ1n) is 15.0. The van der Waals surface area contributed by atoms with Crippen LogP contribution in [0, 0.1) is 0 Å². The Labute approximate surface area is 268 Å². The summed E-state index contributed by atoms with van der Waals surface area (Å²) < 4.78 is 54.0. The molecule has 256 valence electrons. The molecule has 0 unspecified atom stereocenters. The lowest BCUT2D eigenvalue weighted by molar-refractivity contribution is -0.150. The van der Waals surface area contributed by atoms with E-state index in [0.717, 1.165) is 4.57 Å². The second kappa shape index (κ2) is 13.2. The van der Waals surface area contributed by atoms with E-state index >= 15 is 0 Å². The standard InChI is InChI=1S/C28H38F3N11O5/c1-27(2,3)47-26(45)37-24-32-14-17(15-33-24)19-35-20(39-10-12-46-13-11-39)18-21(36-19)42(16-28(29,30)31)25(34-18)41-8-6-40(7-9-41)23(44)22(43)38(4)5/h14H,6-13,15-16H2,1-5H3,(H2,32,33,37,45). The summed E-state index contributed by atoms with van der Waals surface area (Å²) in [5, 5.41) is 5.38. The third-order valence-electron chi connectivity index (χ3n) is 7.34. The molecule has 19 heteroatoms. The molecule has 2 aromatic heterocycles. The number of alkyl halides is 3. The fourth-order valence-corrected chi connectivity index (χ4v) is 5.14. The molecule has 3 aliphatic heterocycles. The van der Waals surface area contributed by atoms with E-state index in [2.05, 4.69) is 25.6 Å². The summed E-state index contributed by atoms with van der Waals surface area (Å²) in [6.07, 6.45) is -3.78. The maximum Gasteiger partial charge on any atom is 0.414 e. The number of hydrogen-bond donors (Lipinski definition) is 2. The van der Waals surface area contributed by atoms with Gasteiger partial charge >= 0.3 is 24.1 Å². The molecule has 2 fully saturated rings. The number of hydrogen-bond acceptors (Lipinski definition) is 12. The molecule has 2 N–H and O–H groups in total. The molecule has 2 aromatic rings. The molecule has 0 saturated carbocycles. The molecule has 3 amide bonds. The number of amides is 3. The lowest BCUT2D eigenvalue weighted by atomic mass is 10.2. The lowest BCUT2D eigenvalue weighted by Gasteiger charge is -2.35. The average molecular weight is 666 g/mol. The summed E-state index contributed by atoms with van der Waals surface area (Å²) in [5.41, 5.74) is -0.0764. The number of imidazole rings is 1. The van der Waals surface area contributed by atoms with Crippen molar-refractivity contribution >= 4 is 52.4 Å². The van der Waals surface area contributed by atoms with E-state index in [1.54, 1.807) is 25.7 Å². The first-order valence-corrected chi connectivity index (χ1v) is 15.0. The van der Waals surface area contributed by atoms with Gasteiger partial charge in [-0.15, -0.1) is 0 Å². The Hall–Kier alpha value is -4.68. The zero-order chi connectivity index (χ0) is 34.1. The van der Waals surface area contributed by atoms with Crippen molar-refractivity contribution in [3.8, 4) is 0 Å². The molecule has 0 spiro atoms. The van der Waals surface area contributed by atoms with Gasteiger partial charge in [-0.2, -0.15) is 13.2 Å². The number of rotatable bonds is 4. The van der Waals surface area contributed by atoms with Gasteiger partial charge in [0.15, 0.2) is 22.8 Å². The highest BCUT2D eigenvalue weighted by Crippen LogP contribution is 2.33. The van der Waals surface area contributed by atoms with Crippen molar-refractivity contribution in [2.75, 3.05) is 82.9 Å². The number of halogens is 3. The van der Waals surface area contributed by atoms with Crippen LogP contribution in [0.2, 0.25) is 0 Å². The maximum atomic E-state index is 14.1. The molecule has 0 atom stereocenters. The van der Waals surface area contributed by atoms with Gasteiger partial charge in [0.1, 0.15) is 12.1 Å². The Balaban J connectivity index is 1.49. The van der Waals surface area contributed by atoms with E-state index in [1.807, 2.05) is 4.90 Å². The smallest absolute Gasteiger partial charge is 0.414 e. The quantitative estimate of drug-likeness (QED) is 0.444. The van der Waals surface area contributed by atoms with Crippen LogP contribution in [-0.4, -0.2) is 138 Å². The number of fused-ring (bicyclic) bond motifs is 1. The van der Waals surface area contributed by atoms with Crippen LogP contribution in [0.1, 0.15) is 26.6 Å². The van der Waals surface area contributed by atoms with Crippen LogP contribution in [0.4, 0.5) is 29.7 Å². The number of piperazine rings is 1. The molecule has 3 aliphatic rings. The Morgan fingerprint density at radius 3 is 2.26 bits per heavy atom. The normalized spacial score (nSPS) is 17.6. The number of ether oxygens (including phenoxy) is 2.